The monoisotopic (exact) mass is 692 g/mol. The zero-order valence-corrected chi connectivity index (χ0v) is 26.4. The number of hydrogen-bond acceptors (Lipinski definition) is 6. The molecule has 0 saturated carbocycles. The molecular weight excluding hydrogens is 652 g/mol. The van der Waals surface area contributed by atoms with Crippen molar-refractivity contribution in [2.75, 3.05) is 39.6 Å². The summed E-state index contributed by atoms with van der Waals surface area (Å²) in [6.07, 6.45) is -4.21. The van der Waals surface area contributed by atoms with Crippen LogP contribution in [0.15, 0.2) is 60.9 Å². The summed E-state index contributed by atoms with van der Waals surface area (Å²) in [7, 11) is 0. The maximum Gasteiger partial charge on any atom is 0.411 e. The molecule has 2 aromatic carbocycles. The van der Waals surface area contributed by atoms with E-state index in [1.54, 1.807) is 60.9 Å². The second kappa shape index (κ2) is 20.1. The Morgan fingerprint density at radius 3 is 1.35 bits per heavy atom. The summed E-state index contributed by atoms with van der Waals surface area (Å²) in [5.74, 6) is 1.46. The zero-order valence-electron chi connectivity index (χ0n) is 26.4. The molecule has 0 N–H and O–H groups in total. The van der Waals surface area contributed by atoms with Crippen LogP contribution in [0.1, 0.15) is 51.4 Å². The van der Waals surface area contributed by atoms with Crippen molar-refractivity contribution in [1.29, 1.82) is 0 Å². The highest BCUT2D eigenvalue weighted by Gasteiger charge is 2.27. The number of benzene rings is 2. The first-order chi connectivity index (χ1) is 22.9. The topological polar surface area (TPSA) is 62.7 Å². The number of rotatable bonds is 22. The second-order valence-electron chi connectivity index (χ2n) is 11.2. The molecule has 0 aliphatic carbocycles. The number of ether oxygens (including phenoxy) is 4. The Morgan fingerprint density at radius 2 is 0.938 bits per heavy atom. The molecule has 0 amide bonds. The van der Waals surface area contributed by atoms with Gasteiger partial charge in [0, 0.05) is 36.7 Å². The summed E-state index contributed by atoms with van der Waals surface area (Å²) in [5, 5.41) is 0. The normalized spacial score (nSPS) is 13.3. The van der Waals surface area contributed by atoms with Crippen LogP contribution >= 0.6 is 0 Å². The van der Waals surface area contributed by atoms with Gasteiger partial charge >= 0.3 is 12.4 Å². The first-order valence-corrected chi connectivity index (χ1v) is 15.7. The largest absolute Gasteiger partial charge is 0.491 e. The zero-order chi connectivity index (χ0) is 34.8. The Kier molecular flexibility index (Phi) is 16.3. The van der Waals surface area contributed by atoms with Crippen molar-refractivity contribution < 1.29 is 54.1 Å². The molecule has 48 heavy (non-hydrogen) atoms. The Bertz CT molecular complexity index is 1190. The van der Waals surface area contributed by atoms with Crippen LogP contribution < -0.4 is 9.47 Å². The highest BCUT2D eigenvalue weighted by molar-refractivity contribution is 5.64. The first kappa shape index (κ1) is 38.9. The fourth-order valence-corrected chi connectivity index (χ4v) is 4.48. The van der Waals surface area contributed by atoms with Crippen LogP contribution in [-0.4, -0.2) is 74.3 Å². The van der Waals surface area contributed by atoms with Gasteiger partial charge in [-0.3, -0.25) is 0 Å². The van der Waals surface area contributed by atoms with Gasteiger partial charge in [-0.2, -0.15) is 26.3 Å². The molecule has 14 heteroatoms. The van der Waals surface area contributed by atoms with E-state index in [0.717, 1.165) is 16.7 Å². The number of halogens is 8. The van der Waals surface area contributed by atoms with Gasteiger partial charge in [0.2, 0.25) is 0 Å². The fourth-order valence-electron chi connectivity index (χ4n) is 4.48. The standard InChI is InChI=1S/C34H40F8N2O4/c35-28(7-3-1-5-17-45-23-33(37,38)39)21-47-30-13-9-25(10-14-30)27-19-43-32(44-20-27)26-11-15-31(16-12-26)48-22-29(36)8-4-2-6-18-46-24-34(40,41)42/h9-16,19-20,28-29H,1-8,17-18,21-24H2. The lowest BCUT2D eigenvalue weighted by atomic mass is 10.1. The molecule has 0 saturated heterocycles. The van der Waals surface area contributed by atoms with Crippen LogP contribution in [0.2, 0.25) is 0 Å². The number of nitrogens with zero attached hydrogens (tertiary/aromatic N) is 2. The van der Waals surface area contributed by atoms with Crippen LogP contribution in [0, 0.1) is 0 Å². The van der Waals surface area contributed by atoms with Crippen molar-refractivity contribution in [1.82, 2.24) is 9.97 Å². The molecular formula is C34H40F8N2O4. The lowest BCUT2D eigenvalue weighted by molar-refractivity contribution is -0.174. The molecule has 0 spiro atoms. The number of aromatic nitrogens is 2. The van der Waals surface area contributed by atoms with Gasteiger partial charge in [-0.15, -0.1) is 0 Å². The molecule has 0 aliphatic heterocycles. The van der Waals surface area contributed by atoms with Gasteiger partial charge < -0.3 is 18.9 Å². The molecule has 3 rings (SSSR count). The Hall–Kier alpha value is -3.52. The van der Waals surface area contributed by atoms with Gasteiger partial charge in [0.25, 0.3) is 0 Å². The van der Waals surface area contributed by atoms with Crippen LogP contribution in [0.5, 0.6) is 11.5 Å². The van der Waals surface area contributed by atoms with E-state index in [1.807, 2.05) is 0 Å². The highest BCUT2D eigenvalue weighted by atomic mass is 19.4. The number of alkyl halides is 8. The summed E-state index contributed by atoms with van der Waals surface area (Å²) < 4.78 is 121. The third-order valence-corrected chi connectivity index (χ3v) is 6.96. The minimum absolute atomic E-state index is 0.00872. The average Bonchev–Trinajstić information content (AvgIpc) is 3.05. The van der Waals surface area contributed by atoms with Gasteiger partial charge in [-0.1, -0.05) is 37.8 Å². The summed E-state index contributed by atoms with van der Waals surface area (Å²) in [6.45, 7) is -2.82. The summed E-state index contributed by atoms with van der Waals surface area (Å²) >= 11 is 0. The molecule has 0 bridgehead atoms. The first-order valence-electron chi connectivity index (χ1n) is 15.7. The smallest absolute Gasteiger partial charge is 0.411 e. The minimum Gasteiger partial charge on any atom is -0.491 e. The molecule has 0 aliphatic rings. The molecule has 1 heterocycles. The van der Waals surface area contributed by atoms with Crippen molar-refractivity contribution in [3.63, 3.8) is 0 Å². The fraction of sp³-hybridized carbons (Fsp3) is 0.529. The van der Waals surface area contributed by atoms with Crippen molar-refractivity contribution >= 4 is 0 Å². The molecule has 6 nitrogen and oxygen atoms in total. The molecule has 3 aromatic rings. The third-order valence-electron chi connectivity index (χ3n) is 6.96. The van der Waals surface area contributed by atoms with Crippen molar-refractivity contribution in [3.8, 4) is 34.0 Å². The van der Waals surface area contributed by atoms with E-state index < -0.39 is 37.9 Å². The van der Waals surface area contributed by atoms with Gasteiger partial charge in [0.15, 0.2) is 5.82 Å². The number of unbranched alkanes of at least 4 members (excludes halogenated alkanes) is 4. The van der Waals surface area contributed by atoms with Crippen molar-refractivity contribution in [3.05, 3.63) is 60.9 Å². The predicted molar refractivity (Wildman–Crippen MR) is 164 cm³/mol. The van der Waals surface area contributed by atoms with E-state index in [9.17, 15) is 35.1 Å². The van der Waals surface area contributed by atoms with Crippen molar-refractivity contribution in [2.24, 2.45) is 0 Å². The summed E-state index contributed by atoms with van der Waals surface area (Å²) in [4.78, 5) is 8.86. The molecule has 2 unspecified atom stereocenters. The second-order valence-corrected chi connectivity index (χ2v) is 11.2. The quantitative estimate of drug-likeness (QED) is 0.0773. The highest BCUT2D eigenvalue weighted by Crippen LogP contribution is 2.25. The predicted octanol–water partition coefficient (Wildman–Crippen LogP) is 9.52. The van der Waals surface area contributed by atoms with Crippen LogP contribution in [-0.2, 0) is 9.47 Å². The lowest BCUT2D eigenvalue weighted by Gasteiger charge is -2.12. The average molecular weight is 693 g/mol. The minimum atomic E-state index is -4.34. The molecule has 0 fully saturated rings. The third kappa shape index (κ3) is 16.5. The molecule has 2 atom stereocenters. The molecule has 0 radical (unpaired) electrons. The van der Waals surface area contributed by atoms with E-state index in [4.69, 9.17) is 9.47 Å². The summed E-state index contributed by atoms with van der Waals surface area (Å²) in [6, 6.07) is 13.9. The lowest BCUT2D eigenvalue weighted by Crippen LogP contribution is -2.17. The van der Waals surface area contributed by atoms with Crippen LogP contribution in [0.3, 0.4) is 0 Å². The van der Waals surface area contributed by atoms with Crippen LogP contribution in [0.4, 0.5) is 35.1 Å². The van der Waals surface area contributed by atoms with Crippen molar-refractivity contribution in [2.45, 2.75) is 76.1 Å². The molecule has 266 valence electrons. The van der Waals surface area contributed by atoms with E-state index in [-0.39, 0.29) is 39.3 Å². The van der Waals surface area contributed by atoms with E-state index in [1.165, 1.54) is 0 Å². The Morgan fingerprint density at radius 1 is 0.521 bits per heavy atom. The maximum absolute atomic E-state index is 14.2. The van der Waals surface area contributed by atoms with E-state index in [0.29, 0.717) is 55.8 Å². The number of hydrogen-bond donors (Lipinski definition) is 0. The van der Waals surface area contributed by atoms with Gasteiger partial charge in [-0.25, -0.2) is 18.7 Å². The van der Waals surface area contributed by atoms with Gasteiger partial charge in [-0.05, 0) is 67.6 Å². The van der Waals surface area contributed by atoms with Gasteiger partial charge in [0.05, 0.1) is 0 Å². The maximum atomic E-state index is 14.2. The Labute approximate surface area is 274 Å². The van der Waals surface area contributed by atoms with E-state index in [2.05, 4.69) is 19.4 Å². The summed E-state index contributed by atoms with van der Waals surface area (Å²) in [5.41, 5.74) is 2.33. The Balaban J connectivity index is 1.32. The van der Waals surface area contributed by atoms with Gasteiger partial charge in [0.1, 0.15) is 50.3 Å². The SMILES string of the molecule is FC(CCCCCOCC(F)(F)F)COc1ccc(-c2cnc(-c3ccc(OCC(F)CCCCCOCC(F)(F)F)cc3)nc2)cc1. The molecule has 1 aromatic heterocycles. The van der Waals surface area contributed by atoms with E-state index >= 15 is 0 Å². The van der Waals surface area contributed by atoms with Crippen LogP contribution in [0.25, 0.3) is 22.5 Å².